The van der Waals surface area contributed by atoms with Gasteiger partial charge in [-0.15, -0.1) is 0 Å². The number of fused-ring (bicyclic) bond motifs is 1. The predicted octanol–water partition coefficient (Wildman–Crippen LogP) is 3.60. The van der Waals surface area contributed by atoms with Crippen molar-refractivity contribution in [1.82, 2.24) is 4.98 Å². The molecule has 0 spiro atoms. The zero-order chi connectivity index (χ0) is 13.2. The highest BCUT2D eigenvalue weighted by Crippen LogP contribution is 2.27. The van der Waals surface area contributed by atoms with Crippen LogP contribution < -0.4 is 0 Å². The lowest BCUT2D eigenvalue weighted by atomic mass is 10.0. The minimum atomic E-state index is -1.01. The molecular weight excluding hydrogens is 238 g/mol. The highest BCUT2D eigenvalue weighted by molar-refractivity contribution is 5.96. The van der Waals surface area contributed by atoms with Crippen LogP contribution >= 0.6 is 0 Å². The van der Waals surface area contributed by atoms with Gasteiger partial charge in [-0.05, 0) is 22.9 Å². The van der Waals surface area contributed by atoms with Crippen molar-refractivity contribution in [2.24, 2.45) is 0 Å². The predicted molar refractivity (Wildman–Crippen MR) is 74.1 cm³/mol. The second-order valence-corrected chi connectivity index (χ2v) is 4.24. The van der Waals surface area contributed by atoms with Crippen LogP contribution in [0.3, 0.4) is 0 Å². The van der Waals surface area contributed by atoms with Crippen molar-refractivity contribution in [1.29, 1.82) is 0 Å². The summed E-state index contributed by atoms with van der Waals surface area (Å²) in [6.45, 7) is 0. The third-order valence-electron chi connectivity index (χ3n) is 3.03. The first-order valence-electron chi connectivity index (χ1n) is 5.94. The lowest BCUT2D eigenvalue weighted by Crippen LogP contribution is -2.00. The van der Waals surface area contributed by atoms with Crippen molar-refractivity contribution in [3.05, 3.63) is 66.4 Å². The van der Waals surface area contributed by atoms with Crippen LogP contribution in [0.4, 0.5) is 0 Å². The third kappa shape index (κ3) is 2.06. The number of aromatic carboxylic acids is 1. The standard InChI is InChI=1S/C16H11NO2/c18-16(19)15-10-4-9-14(17-15)13-8-3-6-11-5-1-2-7-12(11)13/h1-10H,(H,18,19). The van der Waals surface area contributed by atoms with E-state index in [-0.39, 0.29) is 5.69 Å². The fourth-order valence-corrected chi connectivity index (χ4v) is 2.15. The Hall–Kier alpha value is -2.68. The van der Waals surface area contributed by atoms with E-state index in [0.29, 0.717) is 5.69 Å². The molecule has 1 heterocycles. The zero-order valence-electron chi connectivity index (χ0n) is 10.1. The van der Waals surface area contributed by atoms with Crippen LogP contribution in [-0.2, 0) is 0 Å². The summed E-state index contributed by atoms with van der Waals surface area (Å²) in [6, 6.07) is 19.0. The molecule has 0 saturated heterocycles. The smallest absolute Gasteiger partial charge is 0.354 e. The first-order valence-corrected chi connectivity index (χ1v) is 5.94. The van der Waals surface area contributed by atoms with Gasteiger partial charge in [-0.2, -0.15) is 0 Å². The molecule has 1 N–H and O–H groups in total. The average Bonchev–Trinajstić information content (AvgIpc) is 2.47. The number of rotatable bonds is 2. The molecule has 0 bridgehead atoms. The first kappa shape index (κ1) is 11.4. The number of hydrogen-bond donors (Lipinski definition) is 1. The number of carbonyl (C=O) groups is 1. The van der Waals surface area contributed by atoms with Gasteiger partial charge in [0.15, 0.2) is 0 Å². The topological polar surface area (TPSA) is 50.2 Å². The Morgan fingerprint density at radius 2 is 1.63 bits per heavy atom. The fourth-order valence-electron chi connectivity index (χ4n) is 2.15. The molecule has 0 aliphatic carbocycles. The summed E-state index contributed by atoms with van der Waals surface area (Å²) >= 11 is 0. The summed E-state index contributed by atoms with van der Waals surface area (Å²) in [4.78, 5) is 15.2. The molecule has 0 radical (unpaired) electrons. The van der Waals surface area contributed by atoms with Crippen molar-refractivity contribution in [3.8, 4) is 11.3 Å². The van der Waals surface area contributed by atoms with Crippen molar-refractivity contribution < 1.29 is 9.90 Å². The van der Waals surface area contributed by atoms with E-state index in [0.717, 1.165) is 16.3 Å². The molecule has 0 fully saturated rings. The van der Waals surface area contributed by atoms with E-state index in [2.05, 4.69) is 4.98 Å². The molecule has 0 amide bonds. The number of aromatic nitrogens is 1. The molecular formula is C16H11NO2. The van der Waals surface area contributed by atoms with E-state index in [1.54, 1.807) is 6.07 Å². The maximum Gasteiger partial charge on any atom is 0.354 e. The van der Waals surface area contributed by atoms with Gasteiger partial charge in [0.1, 0.15) is 5.69 Å². The number of pyridine rings is 1. The van der Waals surface area contributed by atoms with Crippen LogP contribution in [0.2, 0.25) is 0 Å². The molecule has 0 aliphatic heterocycles. The minimum absolute atomic E-state index is 0.0606. The molecule has 0 saturated carbocycles. The van der Waals surface area contributed by atoms with Gasteiger partial charge in [-0.1, -0.05) is 48.5 Å². The average molecular weight is 249 g/mol. The van der Waals surface area contributed by atoms with E-state index in [4.69, 9.17) is 5.11 Å². The maximum atomic E-state index is 11.0. The molecule has 2 aromatic carbocycles. The summed E-state index contributed by atoms with van der Waals surface area (Å²) in [7, 11) is 0. The molecule has 92 valence electrons. The highest BCUT2D eigenvalue weighted by atomic mass is 16.4. The molecule has 3 heteroatoms. The van der Waals surface area contributed by atoms with Gasteiger partial charge < -0.3 is 5.11 Å². The molecule has 3 aromatic rings. The van der Waals surface area contributed by atoms with E-state index in [9.17, 15) is 4.79 Å². The van der Waals surface area contributed by atoms with Crippen molar-refractivity contribution in [3.63, 3.8) is 0 Å². The van der Waals surface area contributed by atoms with Crippen LogP contribution in [0.1, 0.15) is 10.5 Å². The summed E-state index contributed by atoms with van der Waals surface area (Å²) < 4.78 is 0. The fraction of sp³-hybridized carbons (Fsp3) is 0. The van der Waals surface area contributed by atoms with Gasteiger partial charge in [0.05, 0.1) is 5.69 Å². The Kier molecular flexibility index (Phi) is 2.72. The monoisotopic (exact) mass is 249 g/mol. The normalized spacial score (nSPS) is 10.5. The second kappa shape index (κ2) is 4.53. The largest absolute Gasteiger partial charge is 0.477 e. The lowest BCUT2D eigenvalue weighted by molar-refractivity contribution is 0.0690. The Labute approximate surface area is 110 Å². The summed E-state index contributed by atoms with van der Waals surface area (Å²) in [5, 5.41) is 11.2. The highest BCUT2D eigenvalue weighted by Gasteiger charge is 2.08. The lowest BCUT2D eigenvalue weighted by Gasteiger charge is -2.06. The SMILES string of the molecule is O=C(O)c1cccc(-c2cccc3ccccc23)n1. The van der Waals surface area contributed by atoms with Gasteiger partial charge in [0.25, 0.3) is 0 Å². The molecule has 0 atom stereocenters. The van der Waals surface area contributed by atoms with Gasteiger partial charge >= 0.3 is 5.97 Å². The van der Waals surface area contributed by atoms with Crippen molar-refractivity contribution in [2.45, 2.75) is 0 Å². The Bertz CT molecular complexity index is 760. The summed E-state index contributed by atoms with van der Waals surface area (Å²) in [5.74, 6) is -1.01. The van der Waals surface area contributed by atoms with Crippen LogP contribution in [0.15, 0.2) is 60.7 Å². The summed E-state index contributed by atoms with van der Waals surface area (Å²) in [5.41, 5.74) is 1.68. The van der Waals surface area contributed by atoms with Crippen LogP contribution in [0, 0.1) is 0 Å². The molecule has 0 aliphatic rings. The van der Waals surface area contributed by atoms with Gasteiger partial charge in [0.2, 0.25) is 0 Å². The van der Waals surface area contributed by atoms with Gasteiger partial charge in [-0.25, -0.2) is 9.78 Å². The number of nitrogens with zero attached hydrogens (tertiary/aromatic N) is 1. The molecule has 19 heavy (non-hydrogen) atoms. The van der Waals surface area contributed by atoms with E-state index >= 15 is 0 Å². The second-order valence-electron chi connectivity index (χ2n) is 4.24. The number of carboxylic acids is 1. The number of carboxylic acid groups (broad SMARTS) is 1. The molecule has 3 nitrogen and oxygen atoms in total. The van der Waals surface area contributed by atoms with Crippen LogP contribution in [0.5, 0.6) is 0 Å². The quantitative estimate of drug-likeness (QED) is 0.754. The Morgan fingerprint density at radius 3 is 2.47 bits per heavy atom. The van der Waals surface area contributed by atoms with Crippen LogP contribution in [-0.4, -0.2) is 16.1 Å². The van der Waals surface area contributed by atoms with Gasteiger partial charge in [-0.3, -0.25) is 0 Å². The van der Waals surface area contributed by atoms with Crippen molar-refractivity contribution >= 4 is 16.7 Å². The minimum Gasteiger partial charge on any atom is -0.477 e. The molecule has 3 rings (SSSR count). The molecule has 0 unspecified atom stereocenters. The summed E-state index contributed by atoms with van der Waals surface area (Å²) in [6.07, 6.45) is 0. The Balaban J connectivity index is 2.24. The maximum absolute atomic E-state index is 11.0. The third-order valence-corrected chi connectivity index (χ3v) is 3.03. The van der Waals surface area contributed by atoms with E-state index in [1.807, 2.05) is 48.5 Å². The molecule has 1 aromatic heterocycles. The first-order chi connectivity index (χ1) is 9.25. The van der Waals surface area contributed by atoms with E-state index < -0.39 is 5.97 Å². The van der Waals surface area contributed by atoms with Crippen LogP contribution in [0.25, 0.3) is 22.0 Å². The van der Waals surface area contributed by atoms with Crippen molar-refractivity contribution in [2.75, 3.05) is 0 Å². The number of benzene rings is 2. The number of hydrogen-bond acceptors (Lipinski definition) is 2. The van der Waals surface area contributed by atoms with E-state index in [1.165, 1.54) is 6.07 Å². The zero-order valence-corrected chi connectivity index (χ0v) is 10.1. The Morgan fingerprint density at radius 1 is 0.895 bits per heavy atom. The van der Waals surface area contributed by atoms with Gasteiger partial charge in [0, 0.05) is 5.56 Å².